The van der Waals surface area contributed by atoms with Crippen LogP contribution in [0.2, 0.25) is 0 Å². The Bertz CT molecular complexity index is 645. The number of carbonyl (C=O) groups excluding carboxylic acids is 2. The van der Waals surface area contributed by atoms with Crippen molar-refractivity contribution < 1.29 is 14.3 Å². The van der Waals surface area contributed by atoms with Gasteiger partial charge in [-0.1, -0.05) is 18.2 Å². The monoisotopic (exact) mass is 300 g/mol. The standard InChI is InChI=1S/C17H20N2O3/c1-2-22-15(20)11-10-17(19-9-5-8-14(11)19)12-6-3-4-7-13(12)18-16(17)21/h3-4,6-7,11,14H,2,5,8-10H2,1H3,(H,18,21)/t11-,14+,17+/m1/s1. The van der Waals surface area contributed by atoms with Gasteiger partial charge in [0.25, 0.3) is 0 Å². The van der Waals surface area contributed by atoms with E-state index in [1.54, 1.807) is 0 Å². The van der Waals surface area contributed by atoms with Crippen molar-refractivity contribution in [3.8, 4) is 0 Å². The van der Waals surface area contributed by atoms with Crippen molar-refractivity contribution in [3.05, 3.63) is 29.8 Å². The van der Waals surface area contributed by atoms with Crippen LogP contribution in [0.15, 0.2) is 24.3 Å². The highest BCUT2D eigenvalue weighted by Crippen LogP contribution is 2.54. The molecule has 3 atom stereocenters. The lowest BCUT2D eigenvalue weighted by atomic mass is 9.84. The number of fused-ring (bicyclic) bond motifs is 4. The van der Waals surface area contributed by atoms with E-state index in [0.717, 1.165) is 30.6 Å². The lowest BCUT2D eigenvalue weighted by Gasteiger charge is -2.32. The number of benzene rings is 1. The van der Waals surface area contributed by atoms with E-state index in [1.807, 2.05) is 31.2 Å². The highest BCUT2D eigenvalue weighted by Gasteiger charge is 2.63. The summed E-state index contributed by atoms with van der Waals surface area (Å²) in [6.07, 6.45) is 2.51. The molecule has 1 aromatic rings. The summed E-state index contributed by atoms with van der Waals surface area (Å²) >= 11 is 0. The molecule has 5 nitrogen and oxygen atoms in total. The largest absolute Gasteiger partial charge is 0.466 e. The molecule has 0 unspecified atom stereocenters. The summed E-state index contributed by atoms with van der Waals surface area (Å²) in [5.74, 6) is -0.361. The molecule has 3 aliphatic heterocycles. The number of carbonyl (C=O) groups is 2. The van der Waals surface area contributed by atoms with Crippen LogP contribution in [0, 0.1) is 5.92 Å². The molecule has 2 saturated heterocycles. The molecule has 116 valence electrons. The summed E-state index contributed by atoms with van der Waals surface area (Å²) < 4.78 is 5.26. The fourth-order valence-electron chi connectivity index (χ4n) is 4.53. The Morgan fingerprint density at radius 2 is 2.27 bits per heavy atom. The number of ether oxygens (including phenoxy) is 1. The first kappa shape index (κ1) is 13.8. The molecule has 0 aromatic heterocycles. The highest BCUT2D eigenvalue weighted by molar-refractivity contribution is 6.06. The number of nitrogens with one attached hydrogen (secondary N) is 1. The van der Waals surface area contributed by atoms with Crippen molar-refractivity contribution in [1.82, 2.24) is 4.90 Å². The Morgan fingerprint density at radius 3 is 3.09 bits per heavy atom. The Hall–Kier alpha value is -1.88. The maximum atomic E-state index is 12.8. The summed E-state index contributed by atoms with van der Waals surface area (Å²) in [5.41, 5.74) is 1.20. The first-order valence-electron chi connectivity index (χ1n) is 8.03. The molecule has 3 heterocycles. The van der Waals surface area contributed by atoms with Crippen molar-refractivity contribution in [2.75, 3.05) is 18.5 Å². The van der Waals surface area contributed by atoms with E-state index in [1.165, 1.54) is 0 Å². The first-order valence-corrected chi connectivity index (χ1v) is 8.03. The Balaban J connectivity index is 1.79. The molecule has 1 spiro atoms. The molecule has 1 amide bonds. The quantitative estimate of drug-likeness (QED) is 0.847. The van der Waals surface area contributed by atoms with Gasteiger partial charge in [0.1, 0.15) is 5.54 Å². The van der Waals surface area contributed by atoms with Crippen molar-refractivity contribution >= 4 is 17.6 Å². The third-order valence-corrected chi connectivity index (χ3v) is 5.36. The lowest BCUT2D eigenvalue weighted by molar-refractivity contribution is -0.148. The van der Waals surface area contributed by atoms with Gasteiger partial charge in [-0.25, -0.2) is 0 Å². The SMILES string of the molecule is CCOC(=O)[C@@H]1C[C@]2(C(=O)Nc3ccccc32)N2CCC[C@@H]12. The Kier molecular flexibility index (Phi) is 3.01. The van der Waals surface area contributed by atoms with Gasteiger partial charge in [-0.2, -0.15) is 0 Å². The van der Waals surface area contributed by atoms with Crippen LogP contribution in [0.25, 0.3) is 0 Å². The number of hydrogen-bond acceptors (Lipinski definition) is 4. The number of para-hydroxylation sites is 1. The zero-order chi connectivity index (χ0) is 15.3. The van der Waals surface area contributed by atoms with Gasteiger partial charge < -0.3 is 10.1 Å². The minimum Gasteiger partial charge on any atom is -0.466 e. The van der Waals surface area contributed by atoms with Crippen molar-refractivity contribution in [2.45, 2.75) is 37.8 Å². The van der Waals surface area contributed by atoms with Crippen LogP contribution < -0.4 is 5.32 Å². The van der Waals surface area contributed by atoms with Gasteiger partial charge in [-0.05, 0) is 38.8 Å². The van der Waals surface area contributed by atoms with Crippen molar-refractivity contribution in [1.29, 1.82) is 0 Å². The summed E-state index contributed by atoms with van der Waals surface area (Å²) in [4.78, 5) is 27.4. The number of nitrogens with zero attached hydrogens (tertiary/aromatic N) is 1. The predicted molar refractivity (Wildman–Crippen MR) is 81.2 cm³/mol. The Labute approximate surface area is 129 Å². The van der Waals surface area contributed by atoms with Crippen LogP contribution >= 0.6 is 0 Å². The number of rotatable bonds is 2. The summed E-state index contributed by atoms with van der Waals surface area (Å²) in [6, 6.07) is 7.96. The van der Waals surface area contributed by atoms with E-state index < -0.39 is 5.54 Å². The van der Waals surface area contributed by atoms with E-state index in [9.17, 15) is 9.59 Å². The molecule has 0 aliphatic carbocycles. The second-order valence-corrected chi connectivity index (χ2v) is 6.33. The van der Waals surface area contributed by atoms with Crippen LogP contribution in [-0.4, -0.2) is 36.0 Å². The molecule has 0 saturated carbocycles. The molecule has 2 fully saturated rings. The molecule has 4 rings (SSSR count). The summed E-state index contributed by atoms with van der Waals surface area (Å²) in [5, 5.41) is 3.00. The molecular formula is C17H20N2O3. The molecule has 5 heteroatoms. The highest BCUT2D eigenvalue weighted by atomic mass is 16.5. The zero-order valence-electron chi connectivity index (χ0n) is 12.7. The van der Waals surface area contributed by atoms with E-state index in [0.29, 0.717) is 13.0 Å². The minimum absolute atomic E-state index is 0.00685. The summed E-state index contributed by atoms with van der Waals surface area (Å²) in [6.45, 7) is 3.08. The van der Waals surface area contributed by atoms with Crippen LogP contribution in [0.1, 0.15) is 31.7 Å². The average Bonchev–Trinajstić information content (AvgIpc) is 3.16. The number of hydrogen-bond donors (Lipinski definition) is 1. The van der Waals surface area contributed by atoms with Crippen LogP contribution in [0.3, 0.4) is 0 Å². The maximum absolute atomic E-state index is 12.8. The number of amides is 1. The van der Waals surface area contributed by atoms with E-state index in [4.69, 9.17) is 4.74 Å². The van der Waals surface area contributed by atoms with Crippen LogP contribution in [0.5, 0.6) is 0 Å². The third-order valence-electron chi connectivity index (χ3n) is 5.36. The number of esters is 1. The zero-order valence-corrected chi connectivity index (χ0v) is 12.7. The second-order valence-electron chi connectivity index (χ2n) is 6.33. The van der Waals surface area contributed by atoms with Crippen LogP contribution in [0.4, 0.5) is 5.69 Å². The molecular weight excluding hydrogens is 280 g/mol. The van der Waals surface area contributed by atoms with Gasteiger partial charge in [-0.15, -0.1) is 0 Å². The lowest BCUT2D eigenvalue weighted by Crippen LogP contribution is -2.47. The molecule has 1 aromatic carbocycles. The maximum Gasteiger partial charge on any atom is 0.310 e. The topological polar surface area (TPSA) is 58.6 Å². The van der Waals surface area contributed by atoms with Gasteiger partial charge in [-0.3, -0.25) is 14.5 Å². The predicted octanol–water partition coefficient (Wildman–Crippen LogP) is 1.88. The smallest absolute Gasteiger partial charge is 0.310 e. The first-order chi connectivity index (χ1) is 10.7. The molecule has 22 heavy (non-hydrogen) atoms. The Morgan fingerprint density at radius 1 is 1.45 bits per heavy atom. The van der Waals surface area contributed by atoms with Crippen LogP contribution in [-0.2, 0) is 19.9 Å². The van der Waals surface area contributed by atoms with Gasteiger partial charge in [0.15, 0.2) is 0 Å². The van der Waals surface area contributed by atoms with Gasteiger partial charge >= 0.3 is 5.97 Å². The normalized spacial score (nSPS) is 32.9. The fraction of sp³-hybridized carbons (Fsp3) is 0.529. The van der Waals surface area contributed by atoms with Gasteiger partial charge in [0, 0.05) is 17.3 Å². The van der Waals surface area contributed by atoms with Crippen molar-refractivity contribution in [2.24, 2.45) is 5.92 Å². The van der Waals surface area contributed by atoms with E-state index in [2.05, 4.69) is 10.2 Å². The fourth-order valence-corrected chi connectivity index (χ4v) is 4.53. The average molecular weight is 300 g/mol. The van der Waals surface area contributed by atoms with E-state index >= 15 is 0 Å². The molecule has 0 bridgehead atoms. The molecule has 0 radical (unpaired) electrons. The minimum atomic E-state index is -0.685. The van der Waals surface area contributed by atoms with Gasteiger partial charge in [0.2, 0.25) is 5.91 Å². The van der Waals surface area contributed by atoms with Gasteiger partial charge in [0.05, 0.1) is 12.5 Å². The second kappa shape index (κ2) is 4.81. The van der Waals surface area contributed by atoms with Crippen molar-refractivity contribution in [3.63, 3.8) is 0 Å². The third kappa shape index (κ3) is 1.63. The summed E-state index contributed by atoms with van der Waals surface area (Å²) in [7, 11) is 0. The molecule has 1 N–H and O–H groups in total. The van der Waals surface area contributed by atoms with E-state index in [-0.39, 0.29) is 23.8 Å². The number of anilines is 1. The molecule has 3 aliphatic rings.